The van der Waals surface area contributed by atoms with E-state index in [9.17, 15) is 0 Å². The third kappa shape index (κ3) is 3.08. The van der Waals surface area contributed by atoms with Crippen LogP contribution in [0.5, 0.6) is 5.75 Å². The molecule has 1 atom stereocenters. The zero-order valence-corrected chi connectivity index (χ0v) is 11.6. The van der Waals surface area contributed by atoms with Gasteiger partial charge in [0.25, 0.3) is 5.89 Å². The molecule has 3 rings (SSSR count). The lowest BCUT2D eigenvalue weighted by Gasteiger charge is -2.13. The minimum atomic E-state index is -0.254. The van der Waals surface area contributed by atoms with Crippen LogP contribution in [0.1, 0.15) is 25.3 Å². The number of para-hydroxylation sites is 1. The summed E-state index contributed by atoms with van der Waals surface area (Å²) in [5, 5.41) is 4.00. The molecule has 0 saturated heterocycles. The number of ether oxygens (including phenoxy) is 1. The summed E-state index contributed by atoms with van der Waals surface area (Å²) in [6.07, 6.45) is 3.88. The maximum Gasteiger partial charge on any atom is 0.268 e. The van der Waals surface area contributed by atoms with Gasteiger partial charge in [-0.3, -0.25) is 4.98 Å². The van der Waals surface area contributed by atoms with Crippen LogP contribution in [-0.2, 0) is 0 Å². The summed E-state index contributed by atoms with van der Waals surface area (Å²) in [5.41, 5.74) is 0.870. The van der Waals surface area contributed by atoms with Crippen LogP contribution in [0.4, 0.5) is 0 Å². The first-order chi connectivity index (χ1) is 10.4. The summed E-state index contributed by atoms with van der Waals surface area (Å²) < 4.78 is 11.2. The van der Waals surface area contributed by atoms with Crippen molar-refractivity contribution in [1.29, 1.82) is 0 Å². The lowest BCUT2D eigenvalue weighted by atomic mass is 10.2. The van der Waals surface area contributed by atoms with E-state index in [1.165, 1.54) is 0 Å². The van der Waals surface area contributed by atoms with E-state index in [0.717, 1.165) is 17.7 Å². The molecule has 0 aliphatic heterocycles. The average Bonchev–Trinajstić information content (AvgIpc) is 3.04. The van der Waals surface area contributed by atoms with Gasteiger partial charge in [-0.05, 0) is 30.7 Å². The Morgan fingerprint density at radius 2 is 1.86 bits per heavy atom. The highest BCUT2D eigenvalue weighted by Crippen LogP contribution is 2.25. The number of aromatic nitrogens is 3. The summed E-state index contributed by atoms with van der Waals surface area (Å²) in [6, 6.07) is 13.3. The number of hydrogen-bond acceptors (Lipinski definition) is 5. The fraction of sp³-hybridized carbons (Fsp3) is 0.188. The van der Waals surface area contributed by atoms with Gasteiger partial charge >= 0.3 is 0 Å². The van der Waals surface area contributed by atoms with Crippen molar-refractivity contribution in [3.8, 4) is 17.1 Å². The normalized spacial score (nSPS) is 12.0. The highest BCUT2D eigenvalue weighted by Gasteiger charge is 2.19. The van der Waals surface area contributed by atoms with Gasteiger partial charge in [-0.15, -0.1) is 0 Å². The second-order valence-corrected chi connectivity index (χ2v) is 4.52. The Kier molecular flexibility index (Phi) is 3.91. The van der Waals surface area contributed by atoms with Gasteiger partial charge in [0.1, 0.15) is 5.75 Å². The van der Waals surface area contributed by atoms with Crippen molar-refractivity contribution < 1.29 is 9.26 Å². The Morgan fingerprint density at radius 1 is 1.10 bits per heavy atom. The van der Waals surface area contributed by atoms with Gasteiger partial charge < -0.3 is 9.26 Å². The Hall–Kier alpha value is -2.69. The predicted molar refractivity (Wildman–Crippen MR) is 77.6 cm³/mol. The fourth-order valence-corrected chi connectivity index (χ4v) is 1.96. The number of hydrogen-bond donors (Lipinski definition) is 0. The molecule has 0 fully saturated rings. The molecule has 3 aromatic rings. The third-order valence-corrected chi connectivity index (χ3v) is 3.05. The van der Waals surface area contributed by atoms with Crippen LogP contribution in [0, 0.1) is 0 Å². The SMILES string of the molecule is CCC(Oc1ccccc1)c1nc(-c2ccncc2)no1. The van der Waals surface area contributed by atoms with Crippen molar-refractivity contribution >= 4 is 0 Å². The molecule has 0 bridgehead atoms. The average molecular weight is 281 g/mol. The van der Waals surface area contributed by atoms with Gasteiger partial charge in [-0.1, -0.05) is 30.3 Å². The summed E-state index contributed by atoms with van der Waals surface area (Å²) >= 11 is 0. The Labute approximate surface area is 122 Å². The summed E-state index contributed by atoms with van der Waals surface area (Å²) in [4.78, 5) is 8.39. The fourth-order valence-electron chi connectivity index (χ4n) is 1.96. The topological polar surface area (TPSA) is 61.0 Å². The maximum atomic E-state index is 5.89. The second kappa shape index (κ2) is 6.17. The van der Waals surface area contributed by atoms with E-state index in [2.05, 4.69) is 15.1 Å². The van der Waals surface area contributed by atoms with Crippen LogP contribution in [-0.4, -0.2) is 15.1 Å². The summed E-state index contributed by atoms with van der Waals surface area (Å²) in [7, 11) is 0. The smallest absolute Gasteiger partial charge is 0.268 e. The maximum absolute atomic E-state index is 5.89. The second-order valence-electron chi connectivity index (χ2n) is 4.52. The van der Waals surface area contributed by atoms with Gasteiger partial charge in [-0.2, -0.15) is 4.98 Å². The predicted octanol–water partition coefficient (Wildman–Crippen LogP) is 3.66. The molecule has 2 aromatic heterocycles. The first-order valence-corrected chi connectivity index (χ1v) is 6.82. The monoisotopic (exact) mass is 281 g/mol. The van der Waals surface area contributed by atoms with Crippen molar-refractivity contribution in [2.24, 2.45) is 0 Å². The van der Waals surface area contributed by atoms with Gasteiger partial charge in [-0.25, -0.2) is 0 Å². The number of benzene rings is 1. The first-order valence-electron chi connectivity index (χ1n) is 6.82. The molecule has 21 heavy (non-hydrogen) atoms. The van der Waals surface area contributed by atoms with E-state index in [1.54, 1.807) is 12.4 Å². The van der Waals surface area contributed by atoms with Crippen LogP contribution in [0.3, 0.4) is 0 Å². The molecule has 0 N–H and O–H groups in total. The Morgan fingerprint density at radius 3 is 2.57 bits per heavy atom. The van der Waals surface area contributed by atoms with E-state index < -0.39 is 0 Å². The van der Waals surface area contributed by atoms with Crippen molar-refractivity contribution in [1.82, 2.24) is 15.1 Å². The van der Waals surface area contributed by atoms with Crippen LogP contribution >= 0.6 is 0 Å². The number of nitrogens with zero attached hydrogens (tertiary/aromatic N) is 3. The van der Waals surface area contributed by atoms with Crippen LogP contribution < -0.4 is 4.74 Å². The highest BCUT2D eigenvalue weighted by molar-refractivity contribution is 5.52. The molecule has 0 radical (unpaired) electrons. The van der Waals surface area contributed by atoms with E-state index >= 15 is 0 Å². The molecule has 1 unspecified atom stereocenters. The Balaban J connectivity index is 1.81. The van der Waals surface area contributed by atoms with Crippen molar-refractivity contribution in [2.75, 3.05) is 0 Å². The minimum absolute atomic E-state index is 0.254. The number of rotatable bonds is 5. The summed E-state index contributed by atoms with van der Waals surface area (Å²) in [5.74, 6) is 1.81. The molecule has 1 aromatic carbocycles. The molecule has 5 nitrogen and oxygen atoms in total. The minimum Gasteiger partial charge on any atom is -0.481 e. The lowest BCUT2D eigenvalue weighted by molar-refractivity contribution is 0.154. The van der Waals surface area contributed by atoms with Crippen LogP contribution in [0.25, 0.3) is 11.4 Å². The van der Waals surface area contributed by atoms with Gasteiger partial charge in [0.15, 0.2) is 6.10 Å². The van der Waals surface area contributed by atoms with E-state index in [0.29, 0.717) is 11.7 Å². The Bertz CT molecular complexity index is 683. The van der Waals surface area contributed by atoms with Crippen LogP contribution in [0.15, 0.2) is 59.4 Å². The molecule has 0 aliphatic rings. The van der Waals surface area contributed by atoms with E-state index in [1.807, 2.05) is 49.4 Å². The molecule has 0 aliphatic carbocycles. The molecule has 0 saturated carbocycles. The first kappa shape index (κ1) is 13.3. The van der Waals surface area contributed by atoms with Crippen molar-refractivity contribution in [3.05, 3.63) is 60.7 Å². The largest absolute Gasteiger partial charge is 0.481 e. The van der Waals surface area contributed by atoms with Crippen molar-refractivity contribution in [3.63, 3.8) is 0 Å². The molecular weight excluding hydrogens is 266 g/mol. The van der Waals surface area contributed by atoms with Gasteiger partial charge in [0.2, 0.25) is 5.82 Å². The summed E-state index contributed by atoms with van der Waals surface area (Å²) in [6.45, 7) is 2.02. The molecule has 5 heteroatoms. The highest BCUT2D eigenvalue weighted by atomic mass is 16.5. The van der Waals surface area contributed by atoms with Crippen LogP contribution in [0.2, 0.25) is 0 Å². The van der Waals surface area contributed by atoms with E-state index in [4.69, 9.17) is 9.26 Å². The molecule has 106 valence electrons. The lowest BCUT2D eigenvalue weighted by Crippen LogP contribution is -2.06. The molecule has 2 heterocycles. The number of pyridine rings is 1. The molecule has 0 amide bonds. The molecular formula is C16H15N3O2. The zero-order chi connectivity index (χ0) is 14.5. The zero-order valence-electron chi connectivity index (χ0n) is 11.6. The van der Waals surface area contributed by atoms with Crippen molar-refractivity contribution in [2.45, 2.75) is 19.4 Å². The van der Waals surface area contributed by atoms with Gasteiger partial charge in [0, 0.05) is 18.0 Å². The quantitative estimate of drug-likeness (QED) is 0.714. The third-order valence-electron chi connectivity index (χ3n) is 3.05. The standard InChI is InChI=1S/C16H15N3O2/c1-2-14(20-13-6-4-3-5-7-13)16-18-15(19-21-16)12-8-10-17-11-9-12/h3-11,14H,2H2,1H3. The molecule has 0 spiro atoms. The van der Waals surface area contributed by atoms with E-state index in [-0.39, 0.29) is 6.10 Å². The van der Waals surface area contributed by atoms with Gasteiger partial charge in [0.05, 0.1) is 0 Å².